The molecule has 0 heterocycles. The number of hydrogen-bond acceptors (Lipinski definition) is 0. The van der Waals surface area contributed by atoms with E-state index in [1.54, 1.807) is 0 Å². The van der Waals surface area contributed by atoms with Gasteiger partial charge in [0.25, 0.3) is 0 Å². The van der Waals surface area contributed by atoms with Crippen molar-refractivity contribution in [3.63, 3.8) is 0 Å². The molecule has 0 unspecified atom stereocenters. The maximum Gasteiger partial charge on any atom is -0.00199 e. The van der Waals surface area contributed by atoms with Crippen molar-refractivity contribution in [2.75, 3.05) is 0 Å². The minimum absolute atomic E-state index is 1.22. The predicted molar refractivity (Wildman–Crippen MR) is 233 cm³/mol. The van der Waals surface area contributed by atoms with Crippen LogP contribution < -0.4 is 0 Å². The van der Waals surface area contributed by atoms with E-state index >= 15 is 0 Å². The predicted octanol–water partition coefficient (Wildman–Crippen LogP) is 15.3. The summed E-state index contributed by atoms with van der Waals surface area (Å²) < 4.78 is 0. The SMILES string of the molecule is c1cc(-c2ccc3ccccc3c2)cc(-c2ccc3ccc(-c4c5ccccc5c(-c5cc6ccccc6c6ccccc56)c5ccccc45)cc3c2)c1. The Morgan fingerprint density at radius 2 is 0.611 bits per heavy atom. The van der Waals surface area contributed by atoms with Crippen LogP contribution >= 0.6 is 0 Å². The molecule has 54 heavy (non-hydrogen) atoms. The zero-order valence-electron chi connectivity index (χ0n) is 29.6. The van der Waals surface area contributed by atoms with Crippen LogP contribution in [-0.4, -0.2) is 0 Å². The van der Waals surface area contributed by atoms with Gasteiger partial charge < -0.3 is 0 Å². The molecular weight excluding hydrogens is 649 g/mol. The van der Waals surface area contributed by atoms with Crippen molar-refractivity contribution >= 4 is 64.6 Å². The van der Waals surface area contributed by atoms with Gasteiger partial charge >= 0.3 is 0 Å². The van der Waals surface area contributed by atoms with Gasteiger partial charge in [-0.15, -0.1) is 0 Å². The molecule has 0 aliphatic carbocycles. The highest BCUT2D eigenvalue weighted by Gasteiger charge is 2.19. The Morgan fingerprint density at radius 3 is 1.26 bits per heavy atom. The molecule has 11 rings (SSSR count). The van der Waals surface area contributed by atoms with Gasteiger partial charge in [-0.1, -0.05) is 176 Å². The molecule has 0 radical (unpaired) electrons. The zero-order valence-corrected chi connectivity index (χ0v) is 29.6. The van der Waals surface area contributed by atoms with E-state index < -0.39 is 0 Å². The molecule has 250 valence electrons. The molecule has 0 heteroatoms. The van der Waals surface area contributed by atoms with Gasteiger partial charge in [0.15, 0.2) is 0 Å². The molecule has 11 aromatic carbocycles. The van der Waals surface area contributed by atoms with E-state index in [9.17, 15) is 0 Å². The van der Waals surface area contributed by atoms with Crippen LogP contribution in [-0.2, 0) is 0 Å². The third-order valence-corrected chi connectivity index (χ3v) is 11.4. The summed E-state index contributed by atoms with van der Waals surface area (Å²) in [4.78, 5) is 0. The largest absolute Gasteiger partial charge is 0.0616 e. The first-order valence-corrected chi connectivity index (χ1v) is 18.7. The second kappa shape index (κ2) is 12.3. The molecule has 0 N–H and O–H groups in total. The summed E-state index contributed by atoms with van der Waals surface area (Å²) in [6.07, 6.45) is 0. The van der Waals surface area contributed by atoms with Crippen molar-refractivity contribution in [3.05, 3.63) is 206 Å². The Labute approximate surface area is 314 Å². The van der Waals surface area contributed by atoms with E-state index in [0.717, 1.165) is 0 Å². The Kier molecular flexibility index (Phi) is 6.97. The van der Waals surface area contributed by atoms with Crippen molar-refractivity contribution in [3.8, 4) is 44.5 Å². The molecule has 0 bridgehead atoms. The van der Waals surface area contributed by atoms with Gasteiger partial charge in [0.1, 0.15) is 0 Å². The summed E-state index contributed by atoms with van der Waals surface area (Å²) in [7, 11) is 0. The van der Waals surface area contributed by atoms with Gasteiger partial charge in [-0.3, -0.25) is 0 Å². The molecule has 0 saturated heterocycles. The fourth-order valence-electron chi connectivity index (χ4n) is 8.82. The molecule has 0 fully saturated rings. The fourth-order valence-corrected chi connectivity index (χ4v) is 8.82. The zero-order chi connectivity index (χ0) is 35.6. The van der Waals surface area contributed by atoms with Crippen molar-refractivity contribution in [1.82, 2.24) is 0 Å². The molecule has 0 spiro atoms. The second-order valence-electron chi connectivity index (χ2n) is 14.5. The quantitative estimate of drug-likeness (QED) is 0.128. The Balaban J connectivity index is 1.09. The van der Waals surface area contributed by atoms with Crippen LogP contribution in [0.25, 0.3) is 109 Å². The number of hydrogen-bond donors (Lipinski definition) is 0. The minimum Gasteiger partial charge on any atom is -0.0616 e. The van der Waals surface area contributed by atoms with Crippen LogP contribution in [0.3, 0.4) is 0 Å². The maximum absolute atomic E-state index is 2.40. The lowest BCUT2D eigenvalue weighted by Gasteiger charge is -2.20. The highest BCUT2D eigenvalue weighted by atomic mass is 14.2. The first-order chi connectivity index (χ1) is 26.8. The first-order valence-electron chi connectivity index (χ1n) is 18.7. The fraction of sp³-hybridized carbons (Fsp3) is 0. The number of benzene rings is 11. The lowest BCUT2D eigenvalue weighted by atomic mass is 9.83. The Hall–Kier alpha value is -7.02. The van der Waals surface area contributed by atoms with Crippen molar-refractivity contribution in [2.24, 2.45) is 0 Å². The van der Waals surface area contributed by atoms with Crippen LogP contribution in [0.15, 0.2) is 206 Å². The van der Waals surface area contributed by atoms with E-state index in [-0.39, 0.29) is 0 Å². The van der Waals surface area contributed by atoms with Gasteiger partial charge in [0.05, 0.1) is 0 Å². The van der Waals surface area contributed by atoms with E-state index in [1.165, 1.54) is 109 Å². The summed E-state index contributed by atoms with van der Waals surface area (Å²) >= 11 is 0. The van der Waals surface area contributed by atoms with Crippen LogP contribution in [0, 0.1) is 0 Å². The van der Waals surface area contributed by atoms with Gasteiger partial charge in [-0.05, 0) is 139 Å². The monoisotopic (exact) mass is 682 g/mol. The van der Waals surface area contributed by atoms with Crippen LogP contribution in [0.1, 0.15) is 0 Å². The van der Waals surface area contributed by atoms with Crippen molar-refractivity contribution in [2.45, 2.75) is 0 Å². The van der Waals surface area contributed by atoms with Crippen molar-refractivity contribution in [1.29, 1.82) is 0 Å². The molecule has 0 aliphatic rings. The number of rotatable bonds is 4. The standard InChI is InChI=1S/C54H34/c1-2-13-37-30-40(27-24-35(37)12-1)38-15-11-16-39(31-38)41-28-25-36-26-29-43(33-44(36)32-41)53-48-20-7-9-22-50(48)54(51-23-10-8-21-49(51)53)52-34-42-14-3-4-17-45(42)46-18-5-6-19-47(46)52/h1-34H. The van der Waals surface area contributed by atoms with Gasteiger partial charge in [-0.2, -0.15) is 0 Å². The van der Waals surface area contributed by atoms with E-state index in [0.29, 0.717) is 0 Å². The lowest BCUT2D eigenvalue weighted by Crippen LogP contribution is -1.92. The summed E-state index contributed by atoms with van der Waals surface area (Å²) in [6.45, 7) is 0. The Morgan fingerprint density at radius 1 is 0.185 bits per heavy atom. The first kappa shape index (κ1) is 30.6. The normalized spacial score (nSPS) is 11.7. The highest BCUT2D eigenvalue weighted by molar-refractivity contribution is 6.26. The molecule has 0 amide bonds. The maximum atomic E-state index is 2.40. The molecule has 0 aliphatic heterocycles. The van der Waals surface area contributed by atoms with E-state index in [2.05, 4.69) is 206 Å². The summed E-state index contributed by atoms with van der Waals surface area (Å²) in [5, 5.41) is 15.2. The molecule has 11 aromatic rings. The average molecular weight is 683 g/mol. The van der Waals surface area contributed by atoms with Gasteiger partial charge in [-0.25, -0.2) is 0 Å². The smallest absolute Gasteiger partial charge is 0.00199 e. The van der Waals surface area contributed by atoms with Crippen LogP contribution in [0.2, 0.25) is 0 Å². The van der Waals surface area contributed by atoms with E-state index in [4.69, 9.17) is 0 Å². The molecule has 0 atom stereocenters. The number of fused-ring (bicyclic) bond motifs is 7. The second-order valence-corrected chi connectivity index (χ2v) is 14.5. The van der Waals surface area contributed by atoms with Gasteiger partial charge in [0.2, 0.25) is 0 Å². The third kappa shape index (κ3) is 4.92. The molecular formula is C54H34. The van der Waals surface area contributed by atoms with Crippen LogP contribution in [0.5, 0.6) is 0 Å². The topological polar surface area (TPSA) is 0 Å². The third-order valence-electron chi connectivity index (χ3n) is 11.4. The summed E-state index contributed by atoms with van der Waals surface area (Å²) in [5.74, 6) is 0. The average Bonchev–Trinajstić information content (AvgIpc) is 3.25. The molecule has 0 nitrogen and oxygen atoms in total. The lowest BCUT2D eigenvalue weighted by molar-refractivity contribution is 1.61. The summed E-state index contributed by atoms with van der Waals surface area (Å²) in [5.41, 5.74) is 9.97. The van der Waals surface area contributed by atoms with E-state index in [1.807, 2.05) is 0 Å². The molecule has 0 aromatic heterocycles. The van der Waals surface area contributed by atoms with Crippen molar-refractivity contribution < 1.29 is 0 Å². The highest BCUT2D eigenvalue weighted by Crippen LogP contribution is 2.47. The summed E-state index contributed by atoms with van der Waals surface area (Å²) in [6, 6.07) is 76.2. The Bertz CT molecular complexity index is 3220. The van der Waals surface area contributed by atoms with Gasteiger partial charge in [0, 0.05) is 0 Å². The molecule has 0 saturated carbocycles. The van der Waals surface area contributed by atoms with Crippen LogP contribution in [0.4, 0.5) is 0 Å². The minimum atomic E-state index is 1.22.